The Bertz CT molecular complexity index is 1020. The van der Waals surface area contributed by atoms with Crippen molar-refractivity contribution in [3.8, 4) is 6.07 Å². The molecule has 26 heavy (non-hydrogen) atoms. The van der Waals surface area contributed by atoms with Crippen LogP contribution in [0.4, 0.5) is 5.82 Å². The van der Waals surface area contributed by atoms with Crippen molar-refractivity contribution >= 4 is 22.5 Å². The first-order valence-corrected chi connectivity index (χ1v) is 9.15. The van der Waals surface area contributed by atoms with Gasteiger partial charge in [0.1, 0.15) is 11.9 Å². The van der Waals surface area contributed by atoms with E-state index in [1.54, 1.807) is 0 Å². The first-order valence-electron chi connectivity index (χ1n) is 9.15. The fourth-order valence-electron chi connectivity index (χ4n) is 3.37. The van der Waals surface area contributed by atoms with Crippen molar-refractivity contribution in [3.05, 3.63) is 53.1 Å². The summed E-state index contributed by atoms with van der Waals surface area (Å²) in [4.78, 5) is 4.75. The zero-order valence-electron chi connectivity index (χ0n) is 16.1. The van der Waals surface area contributed by atoms with Crippen LogP contribution in [0.2, 0.25) is 0 Å². The molecule has 0 bridgehead atoms. The van der Waals surface area contributed by atoms with Crippen molar-refractivity contribution in [2.24, 2.45) is 5.92 Å². The number of nitrogens with zero attached hydrogens (tertiary/aromatic N) is 3. The van der Waals surface area contributed by atoms with E-state index in [0.717, 1.165) is 58.6 Å². The summed E-state index contributed by atoms with van der Waals surface area (Å²) in [6, 6.07) is 10.4. The summed E-state index contributed by atoms with van der Waals surface area (Å²) in [6.45, 7) is 13.5. The molecule has 3 rings (SSSR count). The molecule has 1 N–H and O–H groups in total. The molecule has 0 unspecified atom stereocenters. The van der Waals surface area contributed by atoms with Crippen molar-refractivity contribution in [1.82, 2.24) is 9.38 Å². The largest absolute Gasteiger partial charge is 0.371 e. The number of allylic oxidation sites excluding steroid dienone is 1. The minimum absolute atomic E-state index is 0.626. The number of hydrogen-bond acceptors (Lipinski definition) is 3. The number of nitrogens with one attached hydrogen (secondary N) is 1. The highest BCUT2D eigenvalue weighted by Crippen LogP contribution is 2.32. The molecule has 0 amide bonds. The molecule has 0 fully saturated rings. The number of nitriles is 1. The van der Waals surface area contributed by atoms with Gasteiger partial charge in [-0.2, -0.15) is 5.26 Å². The van der Waals surface area contributed by atoms with Crippen molar-refractivity contribution in [2.45, 2.75) is 40.5 Å². The third kappa shape index (κ3) is 3.17. The lowest BCUT2D eigenvalue weighted by molar-refractivity contribution is 0.606. The smallest absolute Gasteiger partial charge is 0.157 e. The van der Waals surface area contributed by atoms with Crippen LogP contribution in [0.3, 0.4) is 0 Å². The summed E-state index contributed by atoms with van der Waals surface area (Å²) < 4.78 is 2.11. The summed E-state index contributed by atoms with van der Waals surface area (Å²) in [5.74, 6) is 1.66. The van der Waals surface area contributed by atoms with E-state index in [0.29, 0.717) is 11.5 Å². The van der Waals surface area contributed by atoms with E-state index in [4.69, 9.17) is 4.98 Å². The average molecular weight is 346 g/mol. The summed E-state index contributed by atoms with van der Waals surface area (Å²) in [7, 11) is 0. The van der Waals surface area contributed by atoms with Gasteiger partial charge in [0.15, 0.2) is 5.65 Å². The fourth-order valence-corrected chi connectivity index (χ4v) is 3.37. The van der Waals surface area contributed by atoms with Crippen LogP contribution in [-0.2, 0) is 6.42 Å². The second kappa shape index (κ2) is 7.21. The van der Waals surface area contributed by atoms with Gasteiger partial charge in [0.25, 0.3) is 0 Å². The number of benzene rings is 1. The number of anilines is 1. The molecule has 0 aliphatic carbocycles. The van der Waals surface area contributed by atoms with Crippen molar-refractivity contribution in [2.75, 3.05) is 11.9 Å². The Morgan fingerprint density at radius 3 is 2.73 bits per heavy atom. The minimum atomic E-state index is 0.626. The standard InChI is InChI=1S/C22H26N4/c1-14(2)10-11-24-21-17(12-15(3)4)16(5)18(13-23)22-25-19-8-6-7-9-20(19)26(21)22/h6-9,14,24H,3,10-12H2,1-2,4-5H3. The molecular formula is C22H26N4. The van der Waals surface area contributed by atoms with Crippen LogP contribution in [0, 0.1) is 24.2 Å². The highest BCUT2D eigenvalue weighted by atomic mass is 15.1. The second-order valence-corrected chi connectivity index (χ2v) is 7.44. The van der Waals surface area contributed by atoms with Gasteiger partial charge in [-0.25, -0.2) is 4.98 Å². The van der Waals surface area contributed by atoms with Crippen molar-refractivity contribution in [1.29, 1.82) is 5.26 Å². The topological polar surface area (TPSA) is 53.1 Å². The first-order chi connectivity index (χ1) is 12.4. The number of imidazole rings is 1. The lowest BCUT2D eigenvalue weighted by Gasteiger charge is -2.19. The Morgan fingerprint density at radius 2 is 2.08 bits per heavy atom. The Balaban J connectivity index is 2.34. The van der Waals surface area contributed by atoms with Crippen LogP contribution >= 0.6 is 0 Å². The monoisotopic (exact) mass is 346 g/mol. The molecule has 2 aromatic heterocycles. The van der Waals surface area contributed by atoms with Gasteiger partial charge in [-0.15, -0.1) is 0 Å². The second-order valence-electron chi connectivity index (χ2n) is 7.44. The number of aromatic nitrogens is 2. The summed E-state index contributed by atoms with van der Waals surface area (Å²) in [6.07, 6.45) is 1.83. The zero-order chi connectivity index (χ0) is 18.8. The van der Waals surface area contributed by atoms with E-state index in [1.807, 2.05) is 32.0 Å². The summed E-state index contributed by atoms with van der Waals surface area (Å²) in [5.41, 5.74) is 6.50. The molecular weight excluding hydrogens is 320 g/mol. The Labute approximate surface area is 155 Å². The van der Waals surface area contributed by atoms with Gasteiger partial charge in [0, 0.05) is 12.1 Å². The molecule has 2 heterocycles. The van der Waals surface area contributed by atoms with Crippen LogP contribution in [0.5, 0.6) is 0 Å². The predicted octanol–water partition coefficient (Wildman–Crippen LogP) is 5.24. The molecule has 0 aliphatic heterocycles. The minimum Gasteiger partial charge on any atom is -0.371 e. The van der Waals surface area contributed by atoms with Gasteiger partial charge in [-0.3, -0.25) is 4.40 Å². The van der Waals surface area contributed by atoms with E-state index in [2.05, 4.69) is 42.3 Å². The zero-order valence-corrected chi connectivity index (χ0v) is 16.1. The van der Waals surface area contributed by atoms with Crippen LogP contribution in [0.15, 0.2) is 36.4 Å². The SMILES string of the molecule is C=C(C)Cc1c(C)c(C#N)c2nc3ccccc3n2c1NCCC(C)C. The molecule has 0 radical (unpaired) electrons. The van der Waals surface area contributed by atoms with E-state index < -0.39 is 0 Å². The van der Waals surface area contributed by atoms with E-state index in [-0.39, 0.29) is 0 Å². The molecule has 4 nitrogen and oxygen atoms in total. The highest BCUT2D eigenvalue weighted by Gasteiger charge is 2.20. The molecule has 0 aliphatic rings. The lowest BCUT2D eigenvalue weighted by atomic mass is 9.99. The first kappa shape index (κ1) is 18.0. The summed E-state index contributed by atoms with van der Waals surface area (Å²) in [5, 5.41) is 13.4. The maximum Gasteiger partial charge on any atom is 0.157 e. The van der Waals surface area contributed by atoms with Gasteiger partial charge >= 0.3 is 0 Å². The number of para-hydroxylation sites is 2. The number of fused-ring (bicyclic) bond motifs is 3. The van der Waals surface area contributed by atoms with E-state index in [9.17, 15) is 5.26 Å². The molecule has 134 valence electrons. The third-order valence-electron chi connectivity index (χ3n) is 4.73. The molecule has 0 saturated carbocycles. The van der Waals surface area contributed by atoms with Crippen molar-refractivity contribution < 1.29 is 0 Å². The van der Waals surface area contributed by atoms with Crippen molar-refractivity contribution in [3.63, 3.8) is 0 Å². The maximum absolute atomic E-state index is 9.79. The average Bonchev–Trinajstić information content (AvgIpc) is 2.96. The molecule has 0 spiro atoms. The van der Waals surface area contributed by atoms with Crippen LogP contribution in [-0.4, -0.2) is 15.9 Å². The molecule has 0 atom stereocenters. The molecule has 0 saturated heterocycles. The maximum atomic E-state index is 9.79. The number of rotatable bonds is 6. The Kier molecular flexibility index (Phi) is 4.99. The van der Waals surface area contributed by atoms with Crippen LogP contribution in [0.1, 0.15) is 43.9 Å². The van der Waals surface area contributed by atoms with Gasteiger partial charge in [-0.05, 0) is 50.3 Å². The van der Waals surface area contributed by atoms with Crippen LogP contribution < -0.4 is 5.32 Å². The number of hydrogen-bond donors (Lipinski definition) is 1. The Morgan fingerprint density at radius 1 is 1.35 bits per heavy atom. The predicted molar refractivity (Wildman–Crippen MR) is 109 cm³/mol. The van der Waals surface area contributed by atoms with Gasteiger partial charge in [0.2, 0.25) is 0 Å². The molecule has 4 heteroatoms. The Hall–Kier alpha value is -2.80. The van der Waals surface area contributed by atoms with Gasteiger partial charge in [0.05, 0.1) is 16.6 Å². The van der Waals surface area contributed by atoms with Crippen LogP contribution in [0.25, 0.3) is 16.7 Å². The summed E-state index contributed by atoms with van der Waals surface area (Å²) >= 11 is 0. The normalized spacial score (nSPS) is 11.2. The third-order valence-corrected chi connectivity index (χ3v) is 4.73. The van der Waals surface area contributed by atoms with E-state index in [1.165, 1.54) is 0 Å². The fraction of sp³-hybridized carbons (Fsp3) is 0.364. The quantitative estimate of drug-likeness (QED) is 0.621. The van der Waals surface area contributed by atoms with Gasteiger partial charge < -0.3 is 5.32 Å². The lowest BCUT2D eigenvalue weighted by Crippen LogP contribution is -2.13. The molecule has 1 aromatic carbocycles. The number of pyridine rings is 1. The van der Waals surface area contributed by atoms with E-state index >= 15 is 0 Å². The molecule has 3 aromatic rings. The van der Waals surface area contributed by atoms with Gasteiger partial charge in [-0.1, -0.05) is 38.1 Å². The highest BCUT2D eigenvalue weighted by molar-refractivity contribution is 5.86.